The van der Waals surface area contributed by atoms with Crippen LogP contribution in [0.1, 0.15) is 10.4 Å². The molecule has 0 saturated carbocycles. The number of nitrogens with zero attached hydrogens (tertiary/aromatic N) is 1. The highest BCUT2D eigenvalue weighted by atomic mass is 32.2. The quantitative estimate of drug-likeness (QED) is 0.877. The van der Waals surface area contributed by atoms with Crippen LogP contribution in [0.25, 0.3) is 0 Å². The first-order chi connectivity index (χ1) is 9.36. The number of halogens is 1. The van der Waals surface area contributed by atoms with Gasteiger partial charge in [-0.15, -0.1) is 0 Å². The molecule has 0 spiro atoms. The van der Waals surface area contributed by atoms with E-state index in [1.54, 1.807) is 0 Å². The van der Waals surface area contributed by atoms with Gasteiger partial charge in [0.2, 0.25) is 5.95 Å². The number of sulfone groups is 1. The third kappa shape index (κ3) is 3.39. The van der Waals surface area contributed by atoms with Gasteiger partial charge >= 0.3 is 0 Å². The van der Waals surface area contributed by atoms with Gasteiger partial charge in [0.05, 0.1) is 4.90 Å². The molecular formula is C13H11FN2O3S. The molecule has 0 fully saturated rings. The minimum atomic E-state index is -3.28. The highest BCUT2D eigenvalue weighted by molar-refractivity contribution is 7.90. The molecule has 0 saturated heterocycles. The van der Waals surface area contributed by atoms with Crippen molar-refractivity contribution in [3.8, 4) is 0 Å². The molecule has 0 unspecified atom stereocenters. The minimum absolute atomic E-state index is 0.129. The van der Waals surface area contributed by atoms with Crippen molar-refractivity contribution in [1.29, 1.82) is 0 Å². The Bertz CT molecular complexity index is 742. The molecule has 0 aliphatic carbocycles. The lowest BCUT2D eigenvalue weighted by atomic mass is 10.2. The van der Waals surface area contributed by atoms with Gasteiger partial charge < -0.3 is 5.32 Å². The zero-order chi connectivity index (χ0) is 14.8. The summed E-state index contributed by atoms with van der Waals surface area (Å²) in [4.78, 5) is 15.3. The average Bonchev–Trinajstić information content (AvgIpc) is 2.38. The average molecular weight is 294 g/mol. The molecule has 2 aromatic rings. The summed E-state index contributed by atoms with van der Waals surface area (Å²) < 4.78 is 35.5. The Hall–Kier alpha value is -2.28. The van der Waals surface area contributed by atoms with E-state index in [9.17, 15) is 17.6 Å². The van der Waals surface area contributed by atoms with Crippen LogP contribution in [0.4, 0.5) is 10.1 Å². The maximum atomic E-state index is 12.9. The Morgan fingerprint density at radius 2 is 1.85 bits per heavy atom. The van der Waals surface area contributed by atoms with Crippen LogP contribution < -0.4 is 5.32 Å². The number of carbonyl (C=O) groups excluding carboxylic acids is 1. The number of anilines is 1. The highest BCUT2D eigenvalue weighted by Gasteiger charge is 2.09. The predicted octanol–water partition coefficient (Wildman–Crippen LogP) is 1.88. The van der Waals surface area contributed by atoms with Crippen molar-refractivity contribution < 1.29 is 17.6 Å². The van der Waals surface area contributed by atoms with Crippen LogP contribution in [0.2, 0.25) is 0 Å². The Morgan fingerprint density at radius 1 is 1.20 bits per heavy atom. The molecular weight excluding hydrogens is 283 g/mol. The number of hydrogen-bond acceptors (Lipinski definition) is 4. The first-order valence-corrected chi connectivity index (χ1v) is 7.48. The zero-order valence-corrected chi connectivity index (χ0v) is 11.3. The molecule has 0 bridgehead atoms. The first-order valence-electron chi connectivity index (χ1n) is 5.59. The summed E-state index contributed by atoms with van der Waals surface area (Å²) in [7, 11) is -3.28. The predicted molar refractivity (Wildman–Crippen MR) is 71.7 cm³/mol. The van der Waals surface area contributed by atoms with E-state index < -0.39 is 21.7 Å². The molecule has 2 rings (SSSR count). The summed E-state index contributed by atoms with van der Waals surface area (Å²) in [5.74, 6) is -1.25. The number of amides is 1. The second-order valence-electron chi connectivity index (χ2n) is 4.12. The van der Waals surface area contributed by atoms with Gasteiger partial charge in [-0.3, -0.25) is 4.79 Å². The molecule has 1 amide bonds. The molecule has 1 aromatic heterocycles. The molecule has 0 aliphatic heterocycles. The van der Waals surface area contributed by atoms with Crippen molar-refractivity contribution in [2.45, 2.75) is 4.90 Å². The number of hydrogen-bond donors (Lipinski definition) is 1. The van der Waals surface area contributed by atoms with Crippen molar-refractivity contribution in [2.24, 2.45) is 0 Å². The van der Waals surface area contributed by atoms with Crippen molar-refractivity contribution in [2.75, 3.05) is 11.6 Å². The highest BCUT2D eigenvalue weighted by Crippen LogP contribution is 2.14. The van der Waals surface area contributed by atoms with Crippen molar-refractivity contribution in [3.05, 3.63) is 54.1 Å². The minimum Gasteiger partial charge on any atom is -0.322 e. The SMILES string of the molecule is CS(=O)(=O)c1ccc(NC(=O)c2ccnc(F)c2)cc1. The molecule has 5 nitrogen and oxygen atoms in total. The summed E-state index contributed by atoms with van der Waals surface area (Å²) >= 11 is 0. The second-order valence-corrected chi connectivity index (χ2v) is 6.13. The zero-order valence-electron chi connectivity index (χ0n) is 10.5. The largest absolute Gasteiger partial charge is 0.322 e. The first kappa shape index (κ1) is 14.1. The van der Waals surface area contributed by atoms with Gasteiger partial charge in [-0.2, -0.15) is 4.39 Å². The fourth-order valence-corrected chi connectivity index (χ4v) is 2.16. The van der Waals surface area contributed by atoms with Gasteiger partial charge in [-0.25, -0.2) is 13.4 Å². The molecule has 20 heavy (non-hydrogen) atoms. The van der Waals surface area contributed by atoms with E-state index in [-0.39, 0.29) is 10.5 Å². The summed E-state index contributed by atoms with van der Waals surface area (Å²) in [6.07, 6.45) is 2.29. The van der Waals surface area contributed by atoms with Gasteiger partial charge in [0.1, 0.15) is 0 Å². The number of aromatic nitrogens is 1. The Labute approximate surface area is 115 Å². The summed E-state index contributed by atoms with van der Waals surface area (Å²) in [5.41, 5.74) is 0.546. The fourth-order valence-electron chi connectivity index (χ4n) is 1.53. The maximum absolute atomic E-state index is 12.9. The second kappa shape index (κ2) is 5.38. The third-order valence-electron chi connectivity index (χ3n) is 2.53. The lowest BCUT2D eigenvalue weighted by Crippen LogP contribution is -2.12. The van der Waals surface area contributed by atoms with Crippen molar-refractivity contribution >= 4 is 21.4 Å². The van der Waals surface area contributed by atoms with Crippen LogP contribution in [0.5, 0.6) is 0 Å². The van der Waals surface area contributed by atoms with Gasteiger partial charge in [-0.05, 0) is 30.3 Å². The molecule has 1 aromatic carbocycles. The summed E-state index contributed by atoms with van der Waals surface area (Å²) in [6, 6.07) is 8.09. The molecule has 1 N–H and O–H groups in total. The van der Waals surface area contributed by atoms with Crippen molar-refractivity contribution in [1.82, 2.24) is 4.98 Å². The van der Waals surface area contributed by atoms with Gasteiger partial charge in [0, 0.05) is 29.8 Å². The third-order valence-corrected chi connectivity index (χ3v) is 3.66. The van der Waals surface area contributed by atoms with Crippen LogP contribution in [0.15, 0.2) is 47.5 Å². The standard InChI is InChI=1S/C13H11FN2O3S/c1-20(18,19)11-4-2-10(3-5-11)16-13(17)9-6-7-15-12(14)8-9/h2-8H,1H3,(H,16,17). The van der Waals surface area contributed by atoms with Crippen LogP contribution in [-0.4, -0.2) is 25.6 Å². The fraction of sp³-hybridized carbons (Fsp3) is 0.0769. The lowest BCUT2D eigenvalue weighted by Gasteiger charge is -2.06. The number of benzene rings is 1. The van der Waals surface area contributed by atoms with Gasteiger partial charge in [0.25, 0.3) is 5.91 Å². The molecule has 0 radical (unpaired) electrons. The van der Waals surface area contributed by atoms with Crippen molar-refractivity contribution in [3.63, 3.8) is 0 Å². The molecule has 1 heterocycles. The van der Waals surface area contributed by atoms with E-state index in [1.165, 1.54) is 36.5 Å². The Kier molecular flexibility index (Phi) is 3.80. The molecule has 104 valence electrons. The normalized spacial score (nSPS) is 11.1. The molecule has 7 heteroatoms. The molecule has 0 atom stereocenters. The number of pyridine rings is 1. The van der Waals surface area contributed by atoms with E-state index in [1.807, 2.05) is 0 Å². The van der Waals surface area contributed by atoms with Crippen LogP contribution in [0.3, 0.4) is 0 Å². The maximum Gasteiger partial charge on any atom is 0.255 e. The van der Waals surface area contributed by atoms with E-state index in [0.717, 1.165) is 12.3 Å². The topological polar surface area (TPSA) is 76.1 Å². The van der Waals surface area contributed by atoms with E-state index in [2.05, 4.69) is 10.3 Å². The number of nitrogens with one attached hydrogen (secondary N) is 1. The van der Waals surface area contributed by atoms with E-state index >= 15 is 0 Å². The number of rotatable bonds is 3. The van der Waals surface area contributed by atoms with Crippen LogP contribution in [-0.2, 0) is 9.84 Å². The Morgan fingerprint density at radius 3 is 2.40 bits per heavy atom. The molecule has 0 aliphatic rings. The summed E-state index contributed by atoms with van der Waals surface area (Å²) in [6.45, 7) is 0. The van der Waals surface area contributed by atoms with Gasteiger partial charge in [0.15, 0.2) is 9.84 Å². The smallest absolute Gasteiger partial charge is 0.255 e. The van der Waals surface area contributed by atoms with Crippen LogP contribution in [0, 0.1) is 5.95 Å². The van der Waals surface area contributed by atoms with Gasteiger partial charge in [-0.1, -0.05) is 0 Å². The van der Waals surface area contributed by atoms with Crippen LogP contribution >= 0.6 is 0 Å². The van der Waals surface area contributed by atoms with E-state index in [4.69, 9.17) is 0 Å². The lowest BCUT2D eigenvalue weighted by molar-refractivity contribution is 0.102. The summed E-state index contributed by atoms with van der Waals surface area (Å²) in [5, 5.41) is 2.54. The Balaban J connectivity index is 2.16. The number of carbonyl (C=O) groups is 1. The van der Waals surface area contributed by atoms with E-state index in [0.29, 0.717) is 5.69 Å². The monoisotopic (exact) mass is 294 g/mol.